The van der Waals surface area contributed by atoms with Gasteiger partial charge >= 0.3 is 0 Å². The summed E-state index contributed by atoms with van der Waals surface area (Å²) < 4.78 is 1.26. The molecule has 0 saturated carbocycles. The van der Waals surface area contributed by atoms with Gasteiger partial charge in [0.1, 0.15) is 5.01 Å². The van der Waals surface area contributed by atoms with Crippen molar-refractivity contribution in [1.82, 2.24) is 20.1 Å². The molecular formula is C23H32N4OS. The summed E-state index contributed by atoms with van der Waals surface area (Å²) >= 11 is 1.79. The number of para-hydroxylation sites is 1. The van der Waals surface area contributed by atoms with Gasteiger partial charge in [-0.1, -0.05) is 23.8 Å². The van der Waals surface area contributed by atoms with Crippen molar-refractivity contribution in [2.75, 3.05) is 32.7 Å². The molecule has 29 heavy (non-hydrogen) atoms. The van der Waals surface area contributed by atoms with Gasteiger partial charge in [-0.25, -0.2) is 4.98 Å². The van der Waals surface area contributed by atoms with Gasteiger partial charge in [0.05, 0.1) is 22.8 Å². The Labute approximate surface area is 177 Å². The van der Waals surface area contributed by atoms with E-state index in [1.807, 2.05) is 13.0 Å². The fraction of sp³-hybridized carbons (Fsp3) is 0.565. The van der Waals surface area contributed by atoms with Gasteiger partial charge in [0, 0.05) is 32.7 Å². The van der Waals surface area contributed by atoms with Crippen LogP contribution >= 0.6 is 11.3 Å². The zero-order valence-electron chi connectivity index (χ0n) is 17.4. The SMILES string of the molecule is C[C@H](C(=O)NCCC1=CCCCC1)N1CCN(Cc2nc3ccccc3s2)CC1. The Balaban J connectivity index is 1.20. The molecule has 1 N–H and O–H groups in total. The topological polar surface area (TPSA) is 48.5 Å². The third kappa shape index (κ3) is 5.44. The number of piperazine rings is 1. The Bertz CT molecular complexity index is 820. The maximum absolute atomic E-state index is 12.6. The molecule has 2 aromatic rings. The van der Waals surface area contributed by atoms with E-state index in [9.17, 15) is 4.79 Å². The number of nitrogens with zero attached hydrogens (tertiary/aromatic N) is 3. The first kappa shape index (κ1) is 20.5. The van der Waals surface area contributed by atoms with E-state index >= 15 is 0 Å². The van der Waals surface area contributed by atoms with Gasteiger partial charge in [-0.2, -0.15) is 0 Å². The van der Waals surface area contributed by atoms with Crippen LogP contribution in [0.4, 0.5) is 0 Å². The molecule has 1 amide bonds. The second kappa shape index (κ2) is 9.83. The average Bonchev–Trinajstić information content (AvgIpc) is 3.17. The maximum atomic E-state index is 12.6. The fourth-order valence-electron chi connectivity index (χ4n) is 4.28. The molecule has 1 atom stereocenters. The molecule has 2 aliphatic rings. The van der Waals surface area contributed by atoms with E-state index in [0.29, 0.717) is 0 Å². The molecule has 5 nitrogen and oxygen atoms in total. The van der Waals surface area contributed by atoms with Crippen molar-refractivity contribution in [1.29, 1.82) is 0 Å². The minimum Gasteiger partial charge on any atom is -0.354 e. The summed E-state index contributed by atoms with van der Waals surface area (Å²) in [5.74, 6) is 0.168. The predicted molar refractivity (Wildman–Crippen MR) is 120 cm³/mol. The highest BCUT2D eigenvalue weighted by atomic mass is 32.1. The van der Waals surface area contributed by atoms with E-state index in [4.69, 9.17) is 4.98 Å². The van der Waals surface area contributed by atoms with Crippen LogP contribution in [0.15, 0.2) is 35.9 Å². The van der Waals surface area contributed by atoms with Crippen LogP contribution in [0, 0.1) is 0 Å². The summed E-state index contributed by atoms with van der Waals surface area (Å²) in [5, 5.41) is 4.33. The fourth-order valence-corrected chi connectivity index (χ4v) is 5.29. The van der Waals surface area contributed by atoms with E-state index in [0.717, 1.165) is 51.2 Å². The minimum absolute atomic E-state index is 0.0556. The normalized spacial score (nSPS) is 19.8. The van der Waals surface area contributed by atoms with Crippen LogP contribution in [0.5, 0.6) is 0 Å². The van der Waals surface area contributed by atoms with Crippen LogP contribution in [0.2, 0.25) is 0 Å². The Kier molecular flexibility index (Phi) is 6.95. The smallest absolute Gasteiger partial charge is 0.237 e. The first-order valence-corrected chi connectivity index (χ1v) is 11.8. The Hall–Kier alpha value is -1.76. The average molecular weight is 413 g/mol. The molecule has 0 spiro atoms. The van der Waals surface area contributed by atoms with Crippen LogP contribution in [0.25, 0.3) is 10.2 Å². The standard InChI is InChI=1S/C23H32N4OS/c1-18(23(28)24-12-11-19-7-3-2-4-8-19)27-15-13-26(14-16-27)17-22-25-20-9-5-6-10-21(20)29-22/h5-7,9-10,18H,2-4,8,11-17H2,1H3,(H,24,28)/t18-/m1/s1. The number of allylic oxidation sites excluding steroid dienone is 1. The van der Waals surface area contributed by atoms with Crippen LogP contribution in [-0.4, -0.2) is 59.5 Å². The van der Waals surface area contributed by atoms with Gasteiger partial charge in [0.2, 0.25) is 5.91 Å². The van der Waals surface area contributed by atoms with E-state index in [2.05, 4.69) is 39.4 Å². The van der Waals surface area contributed by atoms with Gasteiger partial charge in [0.15, 0.2) is 0 Å². The highest BCUT2D eigenvalue weighted by Crippen LogP contribution is 2.23. The monoisotopic (exact) mass is 412 g/mol. The van der Waals surface area contributed by atoms with E-state index in [1.54, 1.807) is 11.3 Å². The van der Waals surface area contributed by atoms with Gasteiger partial charge in [-0.05, 0) is 51.2 Å². The molecule has 156 valence electrons. The van der Waals surface area contributed by atoms with E-state index in [-0.39, 0.29) is 11.9 Å². The second-order valence-electron chi connectivity index (χ2n) is 8.21. The van der Waals surface area contributed by atoms with Crippen molar-refractivity contribution in [3.8, 4) is 0 Å². The van der Waals surface area contributed by atoms with Gasteiger partial charge in [-0.3, -0.25) is 14.6 Å². The molecule has 1 saturated heterocycles. The number of hydrogen-bond donors (Lipinski definition) is 1. The van der Waals surface area contributed by atoms with Crippen molar-refractivity contribution in [2.24, 2.45) is 0 Å². The number of aromatic nitrogens is 1. The van der Waals surface area contributed by atoms with E-state index in [1.165, 1.54) is 41.0 Å². The predicted octanol–water partition coefficient (Wildman–Crippen LogP) is 3.81. The number of carbonyl (C=O) groups is 1. The van der Waals surface area contributed by atoms with E-state index < -0.39 is 0 Å². The van der Waals surface area contributed by atoms with Crippen molar-refractivity contribution in [3.05, 3.63) is 40.9 Å². The zero-order valence-corrected chi connectivity index (χ0v) is 18.2. The van der Waals surface area contributed by atoms with Crippen LogP contribution in [0.1, 0.15) is 44.0 Å². The maximum Gasteiger partial charge on any atom is 0.237 e. The lowest BCUT2D eigenvalue weighted by molar-refractivity contribution is -0.126. The molecule has 0 unspecified atom stereocenters. The van der Waals surface area contributed by atoms with Crippen LogP contribution < -0.4 is 5.32 Å². The molecule has 1 aliphatic heterocycles. The van der Waals surface area contributed by atoms with Crippen LogP contribution in [-0.2, 0) is 11.3 Å². The quantitative estimate of drug-likeness (QED) is 0.703. The molecule has 1 aromatic heterocycles. The lowest BCUT2D eigenvalue weighted by atomic mass is 9.97. The Morgan fingerprint density at radius 2 is 2.03 bits per heavy atom. The number of benzene rings is 1. The number of nitrogens with one attached hydrogen (secondary N) is 1. The first-order chi connectivity index (χ1) is 14.2. The summed E-state index contributed by atoms with van der Waals surface area (Å²) in [6.45, 7) is 7.56. The molecule has 1 aromatic carbocycles. The van der Waals surface area contributed by atoms with Crippen molar-refractivity contribution >= 4 is 27.5 Å². The lowest BCUT2D eigenvalue weighted by Crippen LogP contribution is -2.53. The Morgan fingerprint density at radius 1 is 1.21 bits per heavy atom. The zero-order chi connectivity index (χ0) is 20.1. The largest absolute Gasteiger partial charge is 0.354 e. The molecule has 6 heteroatoms. The number of hydrogen-bond acceptors (Lipinski definition) is 5. The first-order valence-electron chi connectivity index (χ1n) is 11.0. The summed E-state index contributed by atoms with van der Waals surface area (Å²) in [4.78, 5) is 22.1. The summed E-state index contributed by atoms with van der Waals surface area (Å²) in [7, 11) is 0. The molecular weight excluding hydrogens is 380 g/mol. The van der Waals surface area contributed by atoms with Gasteiger partial charge in [-0.15, -0.1) is 11.3 Å². The highest BCUT2D eigenvalue weighted by Gasteiger charge is 2.25. The third-order valence-corrected chi connectivity index (χ3v) is 7.18. The van der Waals surface area contributed by atoms with Crippen molar-refractivity contribution in [3.63, 3.8) is 0 Å². The third-order valence-electron chi connectivity index (χ3n) is 6.16. The lowest BCUT2D eigenvalue weighted by Gasteiger charge is -2.37. The Morgan fingerprint density at radius 3 is 2.79 bits per heavy atom. The van der Waals surface area contributed by atoms with Crippen molar-refractivity contribution in [2.45, 2.75) is 51.6 Å². The van der Waals surface area contributed by atoms with Crippen molar-refractivity contribution < 1.29 is 4.79 Å². The summed E-state index contributed by atoms with van der Waals surface area (Å²) in [5.41, 5.74) is 2.62. The molecule has 4 rings (SSSR count). The molecule has 1 fully saturated rings. The molecule has 2 heterocycles. The number of thiazole rings is 1. The minimum atomic E-state index is -0.0556. The molecule has 0 bridgehead atoms. The number of amides is 1. The summed E-state index contributed by atoms with van der Waals surface area (Å²) in [6.07, 6.45) is 8.41. The number of carbonyl (C=O) groups excluding carboxylic acids is 1. The molecule has 0 radical (unpaired) electrons. The van der Waals surface area contributed by atoms with Crippen LogP contribution in [0.3, 0.4) is 0 Å². The molecule has 1 aliphatic carbocycles. The number of fused-ring (bicyclic) bond motifs is 1. The summed E-state index contributed by atoms with van der Waals surface area (Å²) in [6, 6.07) is 8.28. The highest BCUT2D eigenvalue weighted by molar-refractivity contribution is 7.18. The van der Waals surface area contributed by atoms with Gasteiger partial charge < -0.3 is 5.32 Å². The van der Waals surface area contributed by atoms with Gasteiger partial charge in [0.25, 0.3) is 0 Å². The number of rotatable bonds is 7. The second-order valence-corrected chi connectivity index (χ2v) is 9.33.